The molecule has 2 heterocycles. The highest BCUT2D eigenvalue weighted by atomic mass is 35.5. The van der Waals surface area contributed by atoms with Crippen molar-refractivity contribution in [3.63, 3.8) is 0 Å². The minimum atomic E-state index is 0.0358. The number of halogens is 1. The van der Waals surface area contributed by atoms with E-state index in [1.807, 2.05) is 13.0 Å². The maximum atomic E-state index is 9.22. The molecule has 0 amide bonds. The summed E-state index contributed by atoms with van der Waals surface area (Å²) < 4.78 is 6.02. The lowest BCUT2D eigenvalue weighted by atomic mass is 9.96. The first-order chi connectivity index (χ1) is 9.70. The number of hydrogen-bond donors (Lipinski definition) is 1. The Morgan fingerprint density at radius 2 is 2.35 bits per heavy atom. The summed E-state index contributed by atoms with van der Waals surface area (Å²) >= 11 is 6.07. The van der Waals surface area contributed by atoms with E-state index in [4.69, 9.17) is 16.3 Å². The van der Waals surface area contributed by atoms with Crippen LogP contribution in [0.1, 0.15) is 22.8 Å². The van der Waals surface area contributed by atoms with E-state index in [0.717, 1.165) is 43.9 Å². The van der Waals surface area contributed by atoms with Crippen molar-refractivity contribution < 1.29 is 4.74 Å². The summed E-state index contributed by atoms with van der Waals surface area (Å²) in [6.45, 7) is 6.67. The van der Waals surface area contributed by atoms with Crippen LogP contribution in [-0.4, -0.2) is 43.7 Å². The zero-order valence-electron chi connectivity index (χ0n) is 11.5. The van der Waals surface area contributed by atoms with Gasteiger partial charge in [-0.15, -0.1) is 0 Å². The van der Waals surface area contributed by atoms with Crippen molar-refractivity contribution in [1.29, 1.82) is 5.26 Å². The first-order valence-corrected chi connectivity index (χ1v) is 7.34. The van der Waals surface area contributed by atoms with Crippen molar-refractivity contribution in [1.82, 2.24) is 10.2 Å². The van der Waals surface area contributed by atoms with Gasteiger partial charge in [-0.05, 0) is 24.1 Å². The van der Waals surface area contributed by atoms with Crippen molar-refractivity contribution in [3.05, 3.63) is 33.8 Å². The maximum absolute atomic E-state index is 9.22. The SMILES string of the molecule is Cc1c([C@H]2CN3CCNC[C@H]3CO2)ccc(Cl)c1C#N. The van der Waals surface area contributed by atoms with E-state index < -0.39 is 0 Å². The molecule has 0 spiro atoms. The third-order valence-corrected chi connectivity index (χ3v) is 4.59. The molecule has 0 radical (unpaired) electrons. The average molecular weight is 292 g/mol. The van der Waals surface area contributed by atoms with Crippen LogP contribution in [0.2, 0.25) is 5.02 Å². The van der Waals surface area contributed by atoms with E-state index in [1.54, 1.807) is 6.07 Å². The third kappa shape index (κ3) is 2.43. The van der Waals surface area contributed by atoms with E-state index in [9.17, 15) is 5.26 Å². The van der Waals surface area contributed by atoms with Gasteiger partial charge < -0.3 is 10.1 Å². The number of morpholine rings is 1. The zero-order chi connectivity index (χ0) is 14.1. The Labute approximate surface area is 124 Å². The number of piperazine rings is 1. The van der Waals surface area contributed by atoms with Crippen LogP contribution in [0.5, 0.6) is 0 Å². The Hall–Kier alpha value is -1.12. The van der Waals surface area contributed by atoms with Crippen LogP contribution in [0.25, 0.3) is 0 Å². The van der Waals surface area contributed by atoms with Gasteiger partial charge in [0, 0.05) is 32.2 Å². The van der Waals surface area contributed by atoms with E-state index in [-0.39, 0.29) is 6.10 Å². The first kappa shape index (κ1) is 13.8. The molecular weight excluding hydrogens is 274 g/mol. The van der Waals surface area contributed by atoms with Crippen molar-refractivity contribution in [2.24, 2.45) is 0 Å². The second-order valence-corrected chi connectivity index (χ2v) is 5.83. The Balaban J connectivity index is 1.85. The number of rotatable bonds is 1. The lowest BCUT2D eigenvalue weighted by Crippen LogP contribution is -2.57. The molecule has 1 N–H and O–H groups in total. The highest BCUT2D eigenvalue weighted by Crippen LogP contribution is 2.31. The van der Waals surface area contributed by atoms with Crippen molar-refractivity contribution in [2.45, 2.75) is 19.1 Å². The van der Waals surface area contributed by atoms with E-state index in [0.29, 0.717) is 16.6 Å². The molecule has 2 aliphatic heterocycles. The second-order valence-electron chi connectivity index (χ2n) is 5.42. The number of nitrogens with one attached hydrogen (secondary N) is 1. The van der Waals surface area contributed by atoms with Gasteiger partial charge in [0.25, 0.3) is 0 Å². The summed E-state index contributed by atoms with van der Waals surface area (Å²) in [5, 5.41) is 13.1. The zero-order valence-corrected chi connectivity index (χ0v) is 12.3. The number of benzene rings is 1. The Morgan fingerprint density at radius 3 is 3.15 bits per heavy atom. The van der Waals surface area contributed by atoms with Crippen LogP contribution in [-0.2, 0) is 4.74 Å². The summed E-state index contributed by atoms with van der Waals surface area (Å²) in [5.74, 6) is 0. The van der Waals surface area contributed by atoms with E-state index >= 15 is 0 Å². The van der Waals surface area contributed by atoms with Gasteiger partial charge >= 0.3 is 0 Å². The standard InChI is InChI=1S/C15H18ClN3O/c1-10-12(2-3-14(16)13(10)6-17)15-8-19-5-4-18-7-11(19)9-20-15/h2-3,11,15,18H,4-5,7-9H2,1H3/t11-,15+/m0/s1. The number of nitrogens with zero attached hydrogens (tertiary/aromatic N) is 2. The van der Waals surface area contributed by atoms with Gasteiger partial charge in [0.05, 0.1) is 23.3 Å². The molecule has 5 heteroatoms. The van der Waals surface area contributed by atoms with Gasteiger partial charge in [-0.1, -0.05) is 17.7 Å². The molecule has 2 aliphatic rings. The van der Waals surface area contributed by atoms with Gasteiger partial charge in [0.15, 0.2) is 0 Å². The molecule has 20 heavy (non-hydrogen) atoms. The monoisotopic (exact) mass is 291 g/mol. The topological polar surface area (TPSA) is 48.3 Å². The number of fused-ring (bicyclic) bond motifs is 1. The van der Waals surface area contributed by atoms with E-state index in [2.05, 4.69) is 16.3 Å². The van der Waals surface area contributed by atoms with Gasteiger partial charge in [-0.25, -0.2) is 0 Å². The van der Waals surface area contributed by atoms with Crippen LogP contribution in [0.15, 0.2) is 12.1 Å². The molecule has 2 fully saturated rings. The van der Waals surface area contributed by atoms with Crippen LogP contribution in [0, 0.1) is 18.3 Å². The van der Waals surface area contributed by atoms with Crippen molar-refractivity contribution in [3.8, 4) is 6.07 Å². The number of ether oxygens (including phenoxy) is 1. The van der Waals surface area contributed by atoms with Crippen molar-refractivity contribution >= 4 is 11.6 Å². The number of hydrogen-bond acceptors (Lipinski definition) is 4. The summed E-state index contributed by atoms with van der Waals surface area (Å²) in [7, 11) is 0. The lowest BCUT2D eigenvalue weighted by molar-refractivity contribution is -0.0720. The molecule has 0 bridgehead atoms. The molecule has 2 saturated heterocycles. The summed E-state index contributed by atoms with van der Waals surface area (Å²) in [6.07, 6.45) is 0.0358. The average Bonchev–Trinajstić information content (AvgIpc) is 2.47. The summed E-state index contributed by atoms with van der Waals surface area (Å²) in [6, 6.07) is 6.46. The predicted octanol–water partition coefficient (Wildman–Crippen LogP) is 1.87. The molecule has 0 saturated carbocycles. The highest BCUT2D eigenvalue weighted by molar-refractivity contribution is 6.31. The Kier molecular flexibility index (Phi) is 3.95. The second kappa shape index (κ2) is 5.71. The molecule has 2 atom stereocenters. The number of nitriles is 1. The highest BCUT2D eigenvalue weighted by Gasteiger charge is 2.32. The van der Waals surface area contributed by atoms with Crippen molar-refractivity contribution in [2.75, 3.05) is 32.8 Å². The Bertz CT molecular complexity index is 555. The molecule has 4 nitrogen and oxygen atoms in total. The molecule has 0 aliphatic carbocycles. The smallest absolute Gasteiger partial charge is 0.101 e. The van der Waals surface area contributed by atoms with Gasteiger partial charge in [0.1, 0.15) is 6.07 Å². The third-order valence-electron chi connectivity index (χ3n) is 4.28. The maximum Gasteiger partial charge on any atom is 0.101 e. The first-order valence-electron chi connectivity index (χ1n) is 6.96. The normalized spacial score (nSPS) is 26.9. The summed E-state index contributed by atoms with van der Waals surface area (Å²) in [4.78, 5) is 2.48. The van der Waals surface area contributed by atoms with Gasteiger partial charge in [-0.2, -0.15) is 5.26 Å². The minimum absolute atomic E-state index is 0.0358. The fourth-order valence-electron chi connectivity index (χ4n) is 3.07. The molecule has 0 unspecified atom stereocenters. The molecule has 1 aromatic rings. The summed E-state index contributed by atoms with van der Waals surface area (Å²) in [5.41, 5.74) is 2.59. The van der Waals surface area contributed by atoms with Crippen LogP contribution < -0.4 is 5.32 Å². The van der Waals surface area contributed by atoms with Crippen LogP contribution >= 0.6 is 11.6 Å². The minimum Gasteiger partial charge on any atom is -0.370 e. The largest absolute Gasteiger partial charge is 0.370 e. The van der Waals surface area contributed by atoms with Crippen LogP contribution in [0.3, 0.4) is 0 Å². The van der Waals surface area contributed by atoms with E-state index in [1.165, 1.54) is 0 Å². The molecule has 106 valence electrons. The molecular formula is C15H18ClN3O. The quantitative estimate of drug-likeness (QED) is 0.858. The lowest BCUT2D eigenvalue weighted by Gasteiger charge is -2.43. The fourth-order valence-corrected chi connectivity index (χ4v) is 3.32. The van der Waals surface area contributed by atoms with Gasteiger partial charge in [-0.3, -0.25) is 4.90 Å². The predicted molar refractivity (Wildman–Crippen MR) is 77.8 cm³/mol. The molecule has 1 aromatic carbocycles. The van der Waals surface area contributed by atoms with Crippen LogP contribution in [0.4, 0.5) is 0 Å². The molecule has 3 rings (SSSR count). The Morgan fingerprint density at radius 1 is 1.50 bits per heavy atom. The molecule has 0 aromatic heterocycles. The van der Waals surface area contributed by atoms with Gasteiger partial charge in [0.2, 0.25) is 0 Å². The fraction of sp³-hybridized carbons (Fsp3) is 0.533.